The second kappa shape index (κ2) is 8.34. The van der Waals surface area contributed by atoms with Crippen molar-refractivity contribution in [1.29, 1.82) is 5.26 Å². The number of aromatic nitrogens is 2. The number of hydrogen-bond donors (Lipinski definition) is 1. The molecule has 1 aromatic heterocycles. The molecule has 172 valence electrons. The molecule has 8 nitrogen and oxygen atoms in total. The standard InChI is InChI=1S/C23H23ClFN5O3/c1-23(6-7-23)33-22(31)30-14-3-4-15(30)10-16(9-14)32-21-19(25)20(27-12-28-21)29-18-5-2-13(11-26)8-17(18)24/h2,5,8,12,14-16H,3-4,6-7,9-10H2,1H3,(H,27,28,29). The fourth-order valence-electron chi connectivity index (χ4n) is 4.56. The highest BCUT2D eigenvalue weighted by Crippen LogP contribution is 2.43. The minimum Gasteiger partial charge on any atom is -0.472 e. The predicted octanol–water partition coefficient (Wildman–Crippen LogP) is 4.95. The number of piperidine rings is 1. The Morgan fingerprint density at radius 2 is 2.03 bits per heavy atom. The smallest absolute Gasteiger partial charge is 0.410 e. The normalized spacial score (nSPS) is 24.7. The van der Waals surface area contributed by atoms with Gasteiger partial charge in [0.05, 0.1) is 22.3 Å². The first-order valence-electron chi connectivity index (χ1n) is 11.0. The molecule has 2 unspecified atom stereocenters. The van der Waals surface area contributed by atoms with Gasteiger partial charge in [-0.3, -0.25) is 0 Å². The predicted molar refractivity (Wildman–Crippen MR) is 118 cm³/mol. The molecule has 33 heavy (non-hydrogen) atoms. The number of hydrogen-bond acceptors (Lipinski definition) is 7. The number of nitriles is 1. The van der Waals surface area contributed by atoms with Gasteiger partial charge in [0, 0.05) is 24.9 Å². The van der Waals surface area contributed by atoms with Crippen LogP contribution in [-0.4, -0.2) is 44.7 Å². The van der Waals surface area contributed by atoms with Gasteiger partial charge in [-0.25, -0.2) is 9.78 Å². The number of amides is 1. The second-order valence-corrected chi connectivity index (χ2v) is 9.50. The molecular weight excluding hydrogens is 449 g/mol. The lowest BCUT2D eigenvalue weighted by molar-refractivity contribution is 0.0108. The van der Waals surface area contributed by atoms with Crippen molar-refractivity contribution in [3.63, 3.8) is 0 Å². The van der Waals surface area contributed by atoms with E-state index < -0.39 is 5.82 Å². The van der Waals surface area contributed by atoms with Crippen molar-refractivity contribution in [1.82, 2.24) is 14.9 Å². The molecule has 1 amide bonds. The quantitative estimate of drug-likeness (QED) is 0.658. The maximum Gasteiger partial charge on any atom is 0.410 e. The summed E-state index contributed by atoms with van der Waals surface area (Å²) in [7, 11) is 0. The molecule has 10 heteroatoms. The number of rotatable bonds is 5. The molecular formula is C23H23ClFN5O3. The van der Waals surface area contributed by atoms with Gasteiger partial charge in [0.25, 0.3) is 5.88 Å². The summed E-state index contributed by atoms with van der Waals surface area (Å²) >= 11 is 6.17. The molecule has 0 radical (unpaired) electrons. The largest absolute Gasteiger partial charge is 0.472 e. The molecule has 0 spiro atoms. The molecule has 3 fully saturated rings. The summed E-state index contributed by atoms with van der Waals surface area (Å²) in [6, 6.07) is 6.67. The molecule has 2 aromatic rings. The Morgan fingerprint density at radius 3 is 2.67 bits per heavy atom. The van der Waals surface area contributed by atoms with Gasteiger partial charge >= 0.3 is 6.09 Å². The van der Waals surface area contributed by atoms with Gasteiger partial charge in [-0.05, 0) is 50.8 Å². The highest BCUT2D eigenvalue weighted by Gasteiger charge is 2.49. The van der Waals surface area contributed by atoms with Gasteiger partial charge in [0.1, 0.15) is 18.0 Å². The Balaban J connectivity index is 1.26. The Hall–Kier alpha value is -3.12. The van der Waals surface area contributed by atoms with Gasteiger partial charge < -0.3 is 19.7 Å². The van der Waals surface area contributed by atoms with Crippen LogP contribution in [0.4, 0.5) is 20.7 Å². The summed E-state index contributed by atoms with van der Waals surface area (Å²) in [5.74, 6) is -0.953. The molecule has 2 bridgehead atoms. The van der Waals surface area contributed by atoms with Gasteiger partial charge in [0.2, 0.25) is 5.82 Å². The number of fused-ring (bicyclic) bond motifs is 2. The van der Waals surface area contributed by atoms with Gasteiger partial charge in [-0.1, -0.05) is 11.6 Å². The van der Waals surface area contributed by atoms with Crippen LogP contribution in [0.15, 0.2) is 24.5 Å². The lowest BCUT2D eigenvalue weighted by atomic mass is 10.0. The maximum atomic E-state index is 15.1. The van der Waals surface area contributed by atoms with E-state index in [1.54, 1.807) is 12.1 Å². The lowest BCUT2D eigenvalue weighted by Gasteiger charge is -2.38. The molecule has 3 heterocycles. The maximum absolute atomic E-state index is 15.1. The third-order valence-corrected chi connectivity index (χ3v) is 6.89. The number of carbonyl (C=O) groups is 1. The van der Waals surface area contributed by atoms with Crippen LogP contribution in [0.3, 0.4) is 0 Å². The minimum atomic E-state index is -0.728. The molecule has 2 aliphatic heterocycles. The van der Waals surface area contributed by atoms with E-state index in [2.05, 4.69) is 15.3 Å². The van der Waals surface area contributed by atoms with E-state index in [0.29, 0.717) is 24.1 Å². The van der Waals surface area contributed by atoms with Crippen LogP contribution < -0.4 is 10.1 Å². The van der Waals surface area contributed by atoms with Crippen LogP contribution in [0.25, 0.3) is 0 Å². The third-order valence-electron chi connectivity index (χ3n) is 6.58. The molecule has 1 N–H and O–H groups in total. The zero-order valence-corrected chi connectivity index (χ0v) is 18.8. The Kier molecular flexibility index (Phi) is 5.49. The SMILES string of the molecule is CC1(OC(=O)N2C3CCC2CC(Oc2ncnc(Nc4ccc(C#N)cc4Cl)c2F)C3)CC1. The van der Waals surface area contributed by atoms with Crippen LogP contribution in [0.5, 0.6) is 5.88 Å². The van der Waals surface area contributed by atoms with Crippen molar-refractivity contribution in [3.8, 4) is 11.9 Å². The fraction of sp³-hybridized carbons (Fsp3) is 0.478. The zero-order valence-electron chi connectivity index (χ0n) is 18.1. The van der Waals surface area contributed by atoms with E-state index in [0.717, 1.165) is 25.7 Å². The number of anilines is 2. The summed E-state index contributed by atoms with van der Waals surface area (Å²) in [4.78, 5) is 22.4. The van der Waals surface area contributed by atoms with Crippen molar-refractivity contribution >= 4 is 29.2 Å². The van der Waals surface area contributed by atoms with Crippen LogP contribution in [0, 0.1) is 17.1 Å². The average molecular weight is 472 g/mol. The molecule has 2 atom stereocenters. The van der Waals surface area contributed by atoms with Crippen molar-refractivity contribution < 1.29 is 18.7 Å². The highest BCUT2D eigenvalue weighted by molar-refractivity contribution is 6.33. The van der Waals surface area contributed by atoms with Crippen LogP contribution in [0.1, 0.15) is 51.0 Å². The number of nitrogens with one attached hydrogen (secondary N) is 1. The van der Waals surface area contributed by atoms with Crippen molar-refractivity contribution in [2.45, 2.75) is 69.2 Å². The van der Waals surface area contributed by atoms with Gasteiger partial charge in [-0.2, -0.15) is 14.6 Å². The summed E-state index contributed by atoms with van der Waals surface area (Å²) in [5, 5.41) is 12.1. The van der Waals surface area contributed by atoms with Crippen LogP contribution in [-0.2, 0) is 4.74 Å². The molecule has 5 rings (SSSR count). The Morgan fingerprint density at radius 1 is 1.30 bits per heavy atom. The molecule has 2 saturated heterocycles. The van der Waals surface area contributed by atoms with E-state index in [4.69, 9.17) is 26.3 Å². The average Bonchev–Trinajstić information content (AvgIpc) is 3.44. The lowest BCUT2D eigenvalue weighted by Crippen LogP contribution is -2.50. The Labute approximate surface area is 195 Å². The molecule has 1 saturated carbocycles. The van der Waals surface area contributed by atoms with Crippen molar-refractivity contribution in [2.75, 3.05) is 5.32 Å². The first-order chi connectivity index (χ1) is 15.8. The zero-order chi connectivity index (χ0) is 23.2. The molecule has 1 aliphatic carbocycles. The minimum absolute atomic E-state index is 0.0172. The molecule has 3 aliphatic rings. The van der Waals surface area contributed by atoms with Crippen molar-refractivity contribution in [2.24, 2.45) is 0 Å². The number of halogens is 2. The third kappa shape index (κ3) is 4.40. The van der Waals surface area contributed by atoms with E-state index in [1.807, 2.05) is 17.9 Å². The summed E-state index contributed by atoms with van der Waals surface area (Å²) in [6.45, 7) is 1.96. The number of nitrogens with zero attached hydrogens (tertiary/aromatic N) is 4. The van der Waals surface area contributed by atoms with E-state index in [-0.39, 0.29) is 46.6 Å². The monoisotopic (exact) mass is 471 g/mol. The van der Waals surface area contributed by atoms with E-state index >= 15 is 4.39 Å². The number of carbonyl (C=O) groups excluding carboxylic acids is 1. The first kappa shape index (κ1) is 21.7. The summed E-state index contributed by atoms with van der Waals surface area (Å²) in [6.07, 6.45) is 5.47. The van der Waals surface area contributed by atoms with Crippen LogP contribution in [0.2, 0.25) is 5.02 Å². The molecule has 1 aromatic carbocycles. The number of benzene rings is 1. The van der Waals surface area contributed by atoms with Crippen molar-refractivity contribution in [3.05, 3.63) is 40.9 Å². The Bertz CT molecular complexity index is 1120. The van der Waals surface area contributed by atoms with Gasteiger partial charge in [-0.15, -0.1) is 0 Å². The van der Waals surface area contributed by atoms with E-state index in [9.17, 15) is 4.79 Å². The van der Waals surface area contributed by atoms with Crippen LogP contribution >= 0.6 is 11.6 Å². The topological polar surface area (TPSA) is 100 Å². The van der Waals surface area contributed by atoms with E-state index in [1.165, 1.54) is 12.4 Å². The van der Waals surface area contributed by atoms with Gasteiger partial charge in [0.15, 0.2) is 5.82 Å². The summed E-state index contributed by atoms with van der Waals surface area (Å²) < 4.78 is 26.7. The first-order valence-corrected chi connectivity index (χ1v) is 11.4. The summed E-state index contributed by atoms with van der Waals surface area (Å²) in [5.41, 5.74) is 0.497. The fourth-order valence-corrected chi connectivity index (χ4v) is 4.79. The highest BCUT2D eigenvalue weighted by atomic mass is 35.5. The second-order valence-electron chi connectivity index (χ2n) is 9.09. The number of ether oxygens (including phenoxy) is 2.